The maximum atomic E-state index is 13.6. The van der Waals surface area contributed by atoms with Crippen LogP contribution in [0.25, 0.3) is 0 Å². The molecule has 4 heteroatoms. The normalized spacial score (nSPS) is 12.2. The molecule has 0 amide bonds. The molecule has 0 aliphatic carbocycles. The summed E-state index contributed by atoms with van der Waals surface area (Å²) in [5, 5.41) is 12.8. The average molecular weight is 275 g/mol. The summed E-state index contributed by atoms with van der Waals surface area (Å²) >= 11 is 0. The van der Waals surface area contributed by atoms with Crippen molar-refractivity contribution in [3.8, 4) is 11.5 Å². The topological polar surface area (TPSA) is 41.5 Å². The number of phenols is 1. The summed E-state index contributed by atoms with van der Waals surface area (Å²) in [6.07, 6.45) is 0. The molecule has 0 spiro atoms. The number of methoxy groups -OCH3 is 1. The van der Waals surface area contributed by atoms with Gasteiger partial charge in [0.15, 0.2) is 11.5 Å². The van der Waals surface area contributed by atoms with Gasteiger partial charge >= 0.3 is 0 Å². The second-order valence-corrected chi connectivity index (χ2v) is 4.63. The lowest BCUT2D eigenvalue weighted by molar-refractivity contribution is 0.372. The Balaban J connectivity index is 2.03. The molecule has 2 aromatic rings. The van der Waals surface area contributed by atoms with Crippen LogP contribution in [0.1, 0.15) is 24.1 Å². The molecular formula is C16H18FNO2. The number of benzene rings is 2. The quantitative estimate of drug-likeness (QED) is 0.879. The van der Waals surface area contributed by atoms with Crippen LogP contribution in [0.2, 0.25) is 0 Å². The highest BCUT2D eigenvalue weighted by Crippen LogP contribution is 2.26. The fourth-order valence-corrected chi connectivity index (χ4v) is 2.04. The van der Waals surface area contributed by atoms with E-state index < -0.39 is 0 Å². The summed E-state index contributed by atoms with van der Waals surface area (Å²) in [6.45, 7) is 2.47. The summed E-state index contributed by atoms with van der Waals surface area (Å²) in [7, 11) is 1.51. The van der Waals surface area contributed by atoms with Crippen LogP contribution in [0.5, 0.6) is 11.5 Å². The zero-order chi connectivity index (χ0) is 14.5. The van der Waals surface area contributed by atoms with Gasteiger partial charge < -0.3 is 15.2 Å². The molecule has 0 bridgehead atoms. The van der Waals surface area contributed by atoms with E-state index in [2.05, 4.69) is 5.32 Å². The third-order valence-electron chi connectivity index (χ3n) is 3.23. The smallest absolute Gasteiger partial charge is 0.160 e. The minimum Gasteiger partial charge on any atom is -0.504 e. The number of hydrogen-bond acceptors (Lipinski definition) is 3. The summed E-state index contributed by atoms with van der Waals surface area (Å²) < 4.78 is 18.7. The van der Waals surface area contributed by atoms with Crippen molar-refractivity contribution in [2.45, 2.75) is 19.5 Å². The van der Waals surface area contributed by atoms with E-state index in [0.717, 1.165) is 5.56 Å². The van der Waals surface area contributed by atoms with Gasteiger partial charge in [0.1, 0.15) is 5.82 Å². The first-order valence-electron chi connectivity index (χ1n) is 6.45. The predicted molar refractivity (Wildman–Crippen MR) is 76.3 cm³/mol. The van der Waals surface area contributed by atoms with Crippen molar-refractivity contribution >= 4 is 0 Å². The minimum absolute atomic E-state index is 0.101. The van der Waals surface area contributed by atoms with Crippen molar-refractivity contribution in [3.63, 3.8) is 0 Å². The van der Waals surface area contributed by atoms with E-state index in [-0.39, 0.29) is 17.6 Å². The van der Waals surface area contributed by atoms with Crippen LogP contribution in [-0.4, -0.2) is 12.2 Å². The van der Waals surface area contributed by atoms with Crippen molar-refractivity contribution in [1.29, 1.82) is 0 Å². The van der Waals surface area contributed by atoms with E-state index in [0.29, 0.717) is 17.9 Å². The average Bonchev–Trinajstić information content (AvgIpc) is 2.46. The fourth-order valence-electron chi connectivity index (χ4n) is 2.04. The molecule has 0 radical (unpaired) electrons. The van der Waals surface area contributed by atoms with Crippen LogP contribution < -0.4 is 10.1 Å². The van der Waals surface area contributed by atoms with Crippen molar-refractivity contribution in [3.05, 3.63) is 59.4 Å². The molecule has 0 saturated heterocycles. The molecule has 0 aliphatic rings. The number of nitrogens with one attached hydrogen (secondary N) is 1. The lowest BCUT2D eigenvalue weighted by Gasteiger charge is -2.15. The largest absolute Gasteiger partial charge is 0.504 e. The van der Waals surface area contributed by atoms with Gasteiger partial charge in [-0.2, -0.15) is 0 Å². The maximum absolute atomic E-state index is 13.6. The molecule has 1 unspecified atom stereocenters. The summed E-state index contributed by atoms with van der Waals surface area (Å²) in [4.78, 5) is 0. The predicted octanol–water partition coefficient (Wildman–Crippen LogP) is 3.39. The molecule has 0 heterocycles. The van der Waals surface area contributed by atoms with Crippen LogP contribution in [0.3, 0.4) is 0 Å². The Hall–Kier alpha value is -2.07. The van der Waals surface area contributed by atoms with Gasteiger partial charge in [-0.05, 0) is 30.7 Å². The molecule has 106 valence electrons. The molecule has 3 nitrogen and oxygen atoms in total. The Labute approximate surface area is 118 Å². The molecule has 2 rings (SSSR count). The van der Waals surface area contributed by atoms with Crippen molar-refractivity contribution < 1.29 is 14.2 Å². The van der Waals surface area contributed by atoms with E-state index in [1.165, 1.54) is 13.2 Å². The first-order valence-corrected chi connectivity index (χ1v) is 6.45. The molecule has 0 saturated carbocycles. The number of phenolic OH excluding ortho intramolecular Hbond substituents is 1. The van der Waals surface area contributed by atoms with Crippen LogP contribution in [-0.2, 0) is 6.54 Å². The number of aromatic hydroxyl groups is 1. The zero-order valence-corrected chi connectivity index (χ0v) is 11.6. The number of ether oxygens (including phenoxy) is 1. The lowest BCUT2D eigenvalue weighted by atomic mass is 10.1. The van der Waals surface area contributed by atoms with Crippen molar-refractivity contribution in [1.82, 2.24) is 5.32 Å². The highest BCUT2D eigenvalue weighted by atomic mass is 19.1. The molecular weight excluding hydrogens is 257 g/mol. The van der Waals surface area contributed by atoms with Crippen LogP contribution in [0.4, 0.5) is 4.39 Å². The molecule has 0 fully saturated rings. The molecule has 2 N–H and O–H groups in total. The number of rotatable bonds is 5. The zero-order valence-electron chi connectivity index (χ0n) is 11.6. The Morgan fingerprint density at radius 3 is 2.70 bits per heavy atom. The SMILES string of the molecule is COc1cc(CNC(C)c2ccccc2F)ccc1O. The van der Waals surface area contributed by atoms with Crippen LogP contribution in [0, 0.1) is 5.82 Å². The Morgan fingerprint density at radius 2 is 2.00 bits per heavy atom. The minimum atomic E-state index is -0.212. The Morgan fingerprint density at radius 1 is 1.25 bits per heavy atom. The van der Waals surface area contributed by atoms with E-state index in [9.17, 15) is 9.50 Å². The van der Waals surface area contributed by atoms with Crippen LogP contribution in [0.15, 0.2) is 42.5 Å². The third kappa shape index (κ3) is 3.27. The van der Waals surface area contributed by atoms with E-state index in [1.54, 1.807) is 30.3 Å². The first-order chi connectivity index (χ1) is 9.61. The second kappa shape index (κ2) is 6.39. The van der Waals surface area contributed by atoms with E-state index >= 15 is 0 Å². The third-order valence-corrected chi connectivity index (χ3v) is 3.23. The number of hydrogen-bond donors (Lipinski definition) is 2. The van der Waals surface area contributed by atoms with Gasteiger partial charge in [0.2, 0.25) is 0 Å². The van der Waals surface area contributed by atoms with Gasteiger partial charge in [-0.15, -0.1) is 0 Å². The summed E-state index contributed by atoms with van der Waals surface area (Å²) in [5.41, 5.74) is 1.60. The standard InChI is InChI=1S/C16H18FNO2/c1-11(13-5-3-4-6-14(13)17)18-10-12-7-8-15(19)16(9-12)20-2/h3-9,11,18-19H,10H2,1-2H3. The van der Waals surface area contributed by atoms with Gasteiger partial charge in [-0.25, -0.2) is 4.39 Å². The molecule has 20 heavy (non-hydrogen) atoms. The van der Waals surface area contributed by atoms with Crippen LogP contribution >= 0.6 is 0 Å². The maximum Gasteiger partial charge on any atom is 0.160 e. The molecule has 2 aromatic carbocycles. The van der Waals surface area contributed by atoms with Gasteiger partial charge in [0, 0.05) is 18.2 Å². The monoisotopic (exact) mass is 275 g/mol. The summed E-state index contributed by atoms with van der Waals surface area (Å²) in [5.74, 6) is 0.331. The Bertz CT molecular complexity index is 586. The fraction of sp³-hybridized carbons (Fsp3) is 0.250. The first kappa shape index (κ1) is 14.3. The van der Waals surface area contributed by atoms with E-state index in [1.807, 2.05) is 13.0 Å². The highest BCUT2D eigenvalue weighted by molar-refractivity contribution is 5.41. The van der Waals surface area contributed by atoms with E-state index in [4.69, 9.17) is 4.74 Å². The van der Waals surface area contributed by atoms with Gasteiger partial charge in [0.25, 0.3) is 0 Å². The highest BCUT2D eigenvalue weighted by Gasteiger charge is 2.10. The van der Waals surface area contributed by atoms with Gasteiger partial charge in [-0.1, -0.05) is 24.3 Å². The lowest BCUT2D eigenvalue weighted by Crippen LogP contribution is -2.19. The molecule has 0 aromatic heterocycles. The van der Waals surface area contributed by atoms with Gasteiger partial charge in [-0.3, -0.25) is 0 Å². The Kier molecular flexibility index (Phi) is 4.58. The molecule has 0 aliphatic heterocycles. The second-order valence-electron chi connectivity index (χ2n) is 4.63. The van der Waals surface area contributed by atoms with Crippen molar-refractivity contribution in [2.75, 3.05) is 7.11 Å². The number of halogens is 1. The van der Waals surface area contributed by atoms with Gasteiger partial charge in [0.05, 0.1) is 7.11 Å². The molecule has 1 atom stereocenters. The van der Waals surface area contributed by atoms with Crippen molar-refractivity contribution in [2.24, 2.45) is 0 Å². The summed E-state index contributed by atoms with van der Waals surface area (Å²) in [6, 6.07) is 11.8.